The maximum absolute atomic E-state index is 12.0. The van der Waals surface area contributed by atoms with Gasteiger partial charge in [-0.2, -0.15) is 0 Å². The molecule has 0 fully saturated rings. The first-order chi connectivity index (χ1) is 9.43. The quantitative estimate of drug-likeness (QED) is 0.609. The minimum Gasteiger partial charge on any atom is -0.392 e. The summed E-state index contributed by atoms with van der Waals surface area (Å²) in [6.45, 7) is 4.01. The molecule has 5 N–H and O–H groups in total. The van der Waals surface area contributed by atoms with Gasteiger partial charge in [-0.25, -0.2) is 4.79 Å². The largest absolute Gasteiger partial charge is 0.392 e. The zero-order valence-electron chi connectivity index (χ0n) is 11.7. The van der Waals surface area contributed by atoms with Crippen LogP contribution in [0.25, 0.3) is 0 Å². The Labute approximate surface area is 118 Å². The van der Waals surface area contributed by atoms with E-state index in [0.29, 0.717) is 6.54 Å². The predicted octanol–water partition coefficient (Wildman–Crippen LogP) is 0.488. The van der Waals surface area contributed by atoms with Gasteiger partial charge in [-0.1, -0.05) is 38.1 Å². The van der Waals surface area contributed by atoms with E-state index in [9.17, 15) is 9.59 Å². The maximum atomic E-state index is 12.0. The van der Waals surface area contributed by atoms with Gasteiger partial charge in [0.05, 0.1) is 6.61 Å². The van der Waals surface area contributed by atoms with Crippen LogP contribution in [-0.2, 0) is 17.9 Å². The molecular weight excluding hydrogens is 258 g/mol. The average Bonchev–Trinajstić information content (AvgIpc) is 2.42. The van der Waals surface area contributed by atoms with E-state index < -0.39 is 12.1 Å². The SMILES string of the molecule is CC(C)C(NC(N)=O)C(=O)NCc1ccc(CO)cc1. The zero-order chi connectivity index (χ0) is 15.1. The fraction of sp³-hybridized carbons (Fsp3) is 0.429. The summed E-state index contributed by atoms with van der Waals surface area (Å²) in [6.07, 6.45) is 0. The molecule has 6 heteroatoms. The number of nitrogens with two attached hydrogens (primary N) is 1. The number of amides is 3. The van der Waals surface area contributed by atoms with Crippen LogP contribution in [0.2, 0.25) is 0 Å². The molecule has 6 nitrogen and oxygen atoms in total. The number of rotatable bonds is 6. The van der Waals surface area contributed by atoms with Crippen LogP contribution in [0.3, 0.4) is 0 Å². The lowest BCUT2D eigenvalue weighted by Gasteiger charge is -2.20. The highest BCUT2D eigenvalue weighted by Gasteiger charge is 2.22. The molecule has 0 spiro atoms. The van der Waals surface area contributed by atoms with Gasteiger partial charge in [0, 0.05) is 6.54 Å². The molecule has 1 rings (SSSR count). The van der Waals surface area contributed by atoms with Crippen molar-refractivity contribution in [1.29, 1.82) is 0 Å². The lowest BCUT2D eigenvalue weighted by Crippen LogP contribution is -2.51. The summed E-state index contributed by atoms with van der Waals surface area (Å²) >= 11 is 0. The second-order valence-electron chi connectivity index (χ2n) is 4.92. The van der Waals surface area contributed by atoms with Crippen molar-refractivity contribution in [2.75, 3.05) is 0 Å². The molecule has 1 atom stereocenters. The molecule has 1 unspecified atom stereocenters. The first-order valence-electron chi connectivity index (χ1n) is 6.46. The number of nitrogens with one attached hydrogen (secondary N) is 2. The molecule has 0 bridgehead atoms. The Bertz CT molecular complexity index is 457. The molecule has 1 aromatic rings. The number of hydrogen-bond acceptors (Lipinski definition) is 3. The van der Waals surface area contributed by atoms with Crippen LogP contribution in [0.5, 0.6) is 0 Å². The van der Waals surface area contributed by atoms with Gasteiger partial charge in [0.1, 0.15) is 6.04 Å². The number of carbonyl (C=O) groups excluding carboxylic acids is 2. The highest BCUT2D eigenvalue weighted by molar-refractivity contribution is 5.86. The van der Waals surface area contributed by atoms with Gasteiger partial charge in [0.2, 0.25) is 5.91 Å². The molecule has 20 heavy (non-hydrogen) atoms. The van der Waals surface area contributed by atoms with E-state index in [2.05, 4.69) is 10.6 Å². The number of aliphatic hydroxyl groups excluding tert-OH is 1. The van der Waals surface area contributed by atoms with Crippen molar-refractivity contribution in [2.24, 2.45) is 11.7 Å². The van der Waals surface area contributed by atoms with Crippen molar-refractivity contribution < 1.29 is 14.7 Å². The van der Waals surface area contributed by atoms with E-state index in [4.69, 9.17) is 10.8 Å². The normalized spacial score (nSPS) is 12.0. The number of urea groups is 1. The Morgan fingerprint density at radius 3 is 2.20 bits per heavy atom. The highest BCUT2D eigenvalue weighted by atomic mass is 16.3. The average molecular weight is 279 g/mol. The number of hydrogen-bond donors (Lipinski definition) is 4. The molecule has 0 radical (unpaired) electrons. The summed E-state index contributed by atoms with van der Waals surface area (Å²) in [6, 6.07) is 5.89. The van der Waals surface area contributed by atoms with E-state index in [1.54, 1.807) is 12.1 Å². The minimum atomic E-state index is -0.717. The van der Waals surface area contributed by atoms with Crippen molar-refractivity contribution in [2.45, 2.75) is 33.0 Å². The topological polar surface area (TPSA) is 104 Å². The van der Waals surface area contributed by atoms with Crippen LogP contribution in [0.4, 0.5) is 4.79 Å². The van der Waals surface area contributed by atoms with Gasteiger partial charge in [-0.05, 0) is 17.0 Å². The van der Waals surface area contributed by atoms with Gasteiger partial charge >= 0.3 is 6.03 Å². The van der Waals surface area contributed by atoms with E-state index in [1.165, 1.54) is 0 Å². The van der Waals surface area contributed by atoms with Crippen LogP contribution < -0.4 is 16.4 Å². The van der Waals surface area contributed by atoms with Crippen LogP contribution in [0, 0.1) is 5.92 Å². The maximum Gasteiger partial charge on any atom is 0.312 e. The Kier molecular flexibility index (Phi) is 5.99. The molecule has 0 aromatic heterocycles. The van der Waals surface area contributed by atoms with Crippen molar-refractivity contribution in [3.05, 3.63) is 35.4 Å². The molecule has 0 aliphatic carbocycles. The van der Waals surface area contributed by atoms with Crippen molar-refractivity contribution in [3.63, 3.8) is 0 Å². The molecule has 0 saturated carbocycles. The van der Waals surface area contributed by atoms with Gasteiger partial charge in [-0.15, -0.1) is 0 Å². The highest BCUT2D eigenvalue weighted by Crippen LogP contribution is 2.05. The Hall–Kier alpha value is -2.08. The second-order valence-corrected chi connectivity index (χ2v) is 4.92. The monoisotopic (exact) mass is 279 g/mol. The summed E-state index contributed by atoms with van der Waals surface area (Å²) in [4.78, 5) is 22.9. The second kappa shape index (κ2) is 7.49. The fourth-order valence-electron chi connectivity index (χ4n) is 1.75. The number of carbonyl (C=O) groups is 2. The molecule has 0 heterocycles. The lowest BCUT2D eigenvalue weighted by molar-refractivity contribution is -0.124. The first kappa shape index (κ1) is 16.0. The molecule has 0 aliphatic rings. The standard InChI is InChI=1S/C14H21N3O3/c1-9(2)12(17-14(15)20)13(19)16-7-10-3-5-11(8-18)6-4-10/h3-6,9,12,18H,7-8H2,1-2H3,(H,16,19)(H3,15,17,20). The van der Waals surface area contributed by atoms with Crippen LogP contribution in [0.15, 0.2) is 24.3 Å². The van der Waals surface area contributed by atoms with E-state index in [-0.39, 0.29) is 18.4 Å². The van der Waals surface area contributed by atoms with Crippen molar-refractivity contribution in [1.82, 2.24) is 10.6 Å². The van der Waals surface area contributed by atoms with Crippen LogP contribution in [0.1, 0.15) is 25.0 Å². The van der Waals surface area contributed by atoms with Gasteiger partial charge in [0.15, 0.2) is 0 Å². The molecule has 3 amide bonds. The lowest BCUT2D eigenvalue weighted by atomic mass is 10.0. The van der Waals surface area contributed by atoms with E-state index >= 15 is 0 Å². The molecule has 0 saturated heterocycles. The van der Waals surface area contributed by atoms with E-state index in [0.717, 1.165) is 11.1 Å². The van der Waals surface area contributed by atoms with Gasteiger partial charge in [-0.3, -0.25) is 4.79 Å². The zero-order valence-corrected chi connectivity index (χ0v) is 11.7. The fourth-order valence-corrected chi connectivity index (χ4v) is 1.75. The Morgan fingerprint density at radius 2 is 1.75 bits per heavy atom. The van der Waals surface area contributed by atoms with Gasteiger partial charge in [0.25, 0.3) is 0 Å². The minimum absolute atomic E-state index is 0.00933. The van der Waals surface area contributed by atoms with Crippen molar-refractivity contribution in [3.8, 4) is 0 Å². The third-order valence-corrected chi connectivity index (χ3v) is 2.92. The van der Waals surface area contributed by atoms with Crippen LogP contribution in [-0.4, -0.2) is 23.1 Å². The van der Waals surface area contributed by atoms with Crippen molar-refractivity contribution >= 4 is 11.9 Å². The summed E-state index contributed by atoms with van der Waals surface area (Å²) in [5.74, 6) is -0.329. The molecule has 1 aromatic carbocycles. The molecule has 0 aliphatic heterocycles. The summed E-state index contributed by atoms with van der Waals surface area (Å²) < 4.78 is 0. The summed E-state index contributed by atoms with van der Waals surface area (Å²) in [5, 5.41) is 14.1. The third kappa shape index (κ3) is 4.89. The first-order valence-corrected chi connectivity index (χ1v) is 6.46. The smallest absolute Gasteiger partial charge is 0.312 e. The molecular formula is C14H21N3O3. The number of benzene rings is 1. The van der Waals surface area contributed by atoms with Crippen LogP contribution >= 0.6 is 0 Å². The Morgan fingerprint density at radius 1 is 1.20 bits per heavy atom. The van der Waals surface area contributed by atoms with E-state index in [1.807, 2.05) is 26.0 Å². The van der Waals surface area contributed by atoms with Gasteiger partial charge < -0.3 is 21.5 Å². The molecule has 110 valence electrons. The summed E-state index contributed by atoms with van der Waals surface area (Å²) in [7, 11) is 0. The third-order valence-electron chi connectivity index (χ3n) is 2.92. The summed E-state index contributed by atoms with van der Waals surface area (Å²) in [5.41, 5.74) is 6.78. The number of primary amides is 1. The number of aliphatic hydroxyl groups is 1. The predicted molar refractivity (Wildman–Crippen MR) is 75.6 cm³/mol. The Balaban J connectivity index is 2.57.